The Morgan fingerprint density at radius 2 is 1.90 bits per heavy atom. The first kappa shape index (κ1) is 15.0. The highest BCUT2D eigenvalue weighted by Gasteiger charge is 2.14. The van der Waals surface area contributed by atoms with Gasteiger partial charge in [0.15, 0.2) is 0 Å². The van der Waals surface area contributed by atoms with E-state index in [4.69, 9.17) is 21.1 Å². The van der Waals surface area contributed by atoms with Gasteiger partial charge >= 0.3 is 0 Å². The highest BCUT2D eigenvalue weighted by atomic mass is 35.5. The predicted molar refractivity (Wildman–Crippen MR) is 80.6 cm³/mol. The van der Waals surface area contributed by atoms with E-state index in [-0.39, 0.29) is 11.3 Å². The van der Waals surface area contributed by atoms with Crippen LogP contribution in [-0.4, -0.2) is 25.2 Å². The first-order valence-electron chi connectivity index (χ1n) is 6.07. The minimum atomic E-state index is -0.499. The molecule has 0 bridgehead atoms. The summed E-state index contributed by atoms with van der Waals surface area (Å²) in [5, 5.41) is 12.8. The highest BCUT2D eigenvalue weighted by Crippen LogP contribution is 2.30. The number of anilines is 1. The van der Waals surface area contributed by atoms with Crippen LogP contribution in [0.4, 0.5) is 5.69 Å². The smallest absolute Gasteiger partial charge is 0.259 e. The molecule has 2 rings (SSSR count). The number of nitrogens with one attached hydrogen (secondary N) is 1. The molecule has 0 aliphatic rings. The van der Waals surface area contributed by atoms with Gasteiger partial charge in [-0.1, -0.05) is 11.6 Å². The van der Waals surface area contributed by atoms with Gasteiger partial charge in [-0.25, -0.2) is 0 Å². The van der Waals surface area contributed by atoms with E-state index < -0.39 is 5.91 Å². The summed E-state index contributed by atoms with van der Waals surface area (Å²) in [6.45, 7) is 0. The zero-order chi connectivity index (χ0) is 15.4. The van der Waals surface area contributed by atoms with E-state index in [1.165, 1.54) is 32.4 Å². The van der Waals surface area contributed by atoms with E-state index in [2.05, 4.69) is 5.32 Å². The van der Waals surface area contributed by atoms with E-state index in [1.807, 2.05) is 0 Å². The van der Waals surface area contributed by atoms with Crippen LogP contribution in [0.25, 0.3) is 0 Å². The Labute approximate surface area is 127 Å². The van der Waals surface area contributed by atoms with E-state index in [0.29, 0.717) is 22.2 Å². The van der Waals surface area contributed by atoms with Crippen molar-refractivity contribution in [2.45, 2.75) is 0 Å². The Morgan fingerprint density at radius 3 is 2.57 bits per heavy atom. The predicted octanol–water partition coefficient (Wildman–Crippen LogP) is 3.32. The molecule has 0 atom stereocenters. The highest BCUT2D eigenvalue weighted by molar-refractivity contribution is 6.31. The molecule has 110 valence electrons. The Morgan fingerprint density at radius 1 is 1.14 bits per heavy atom. The zero-order valence-corrected chi connectivity index (χ0v) is 12.3. The minimum absolute atomic E-state index is 0.0763. The third-order valence-corrected chi connectivity index (χ3v) is 3.09. The van der Waals surface area contributed by atoms with Crippen molar-refractivity contribution in [3.63, 3.8) is 0 Å². The number of phenolic OH excluding ortho intramolecular Hbond substituents is 1. The molecule has 0 spiro atoms. The lowest BCUT2D eigenvalue weighted by molar-refractivity contribution is 0.102. The lowest BCUT2D eigenvalue weighted by Gasteiger charge is -2.12. The fraction of sp³-hybridized carbons (Fsp3) is 0.133. The van der Waals surface area contributed by atoms with Crippen molar-refractivity contribution in [3.8, 4) is 17.2 Å². The summed E-state index contributed by atoms with van der Waals surface area (Å²) in [6.07, 6.45) is 0. The van der Waals surface area contributed by atoms with E-state index in [0.717, 1.165) is 0 Å². The Kier molecular flexibility index (Phi) is 4.55. The van der Waals surface area contributed by atoms with Gasteiger partial charge in [-0.3, -0.25) is 4.79 Å². The summed E-state index contributed by atoms with van der Waals surface area (Å²) in [4.78, 5) is 12.2. The van der Waals surface area contributed by atoms with Crippen LogP contribution in [0, 0.1) is 0 Å². The largest absolute Gasteiger partial charge is 0.507 e. The number of halogens is 1. The van der Waals surface area contributed by atoms with Gasteiger partial charge in [0.05, 0.1) is 25.5 Å². The molecule has 0 heterocycles. The molecule has 0 radical (unpaired) electrons. The van der Waals surface area contributed by atoms with Gasteiger partial charge in [-0.05, 0) is 30.3 Å². The van der Waals surface area contributed by atoms with Crippen LogP contribution in [0.15, 0.2) is 36.4 Å². The maximum atomic E-state index is 12.2. The lowest BCUT2D eigenvalue weighted by atomic mass is 10.1. The molecule has 2 aromatic rings. The second-order valence-corrected chi connectivity index (χ2v) is 4.62. The number of carbonyl (C=O) groups is 1. The van der Waals surface area contributed by atoms with Crippen molar-refractivity contribution < 1.29 is 19.4 Å². The Balaban J connectivity index is 2.32. The normalized spacial score (nSPS) is 10.0. The van der Waals surface area contributed by atoms with Gasteiger partial charge in [0, 0.05) is 11.1 Å². The Hall–Kier alpha value is -2.40. The molecular weight excluding hydrogens is 294 g/mol. The molecule has 0 aliphatic heterocycles. The molecule has 21 heavy (non-hydrogen) atoms. The summed E-state index contributed by atoms with van der Waals surface area (Å²) in [7, 11) is 3.02. The fourth-order valence-electron chi connectivity index (χ4n) is 1.79. The number of rotatable bonds is 4. The standard InChI is InChI=1S/C15H14ClNO4/c1-20-10-4-6-14(21-2)12(8-10)17-15(19)11-7-9(16)3-5-13(11)18/h3-8,18H,1-2H3,(H,17,19). The second-order valence-electron chi connectivity index (χ2n) is 4.18. The number of methoxy groups -OCH3 is 2. The molecule has 0 aromatic heterocycles. The molecular formula is C15H14ClNO4. The van der Waals surface area contributed by atoms with E-state index >= 15 is 0 Å². The van der Waals surface area contributed by atoms with Crippen molar-refractivity contribution in [1.82, 2.24) is 0 Å². The van der Waals surface area contributed by atoms with Crippen LogP contribution in [0.1, 0.15) is 10.4 Å². The van der Waals surface area contributed by atoms with Crippen molar-refractivity contribution in [2.24, 2.45) is 0 Å². The summed E-state index contributed by atoms with van der Waals surface area (Å²) in [6, 6.07) is 9.26. The SMILES string of the molecule is COc1ccc(OC)c(NC(=O)c2cc(Cl)ccc2O)c1. The molecule has 6 heteroatoms. The first-order chi connectivity index (χ1) is 10.0. The van der Waals surface area contributed by atoms with Gasteiger partial charge < -0.3 is 19.9 Å². The number of carbonyl (C=O) groups excluding carboxylic acids is 1. The molecule has 2 N–H and O–H groups in total. The molecule has 2 aromatic carbocycles. The number of aromatic hydroxyl groups is 1. The number of benzene rings is 2. The van der Waals surface area contributed by atoms with Gasteiger partial charge in [0.1, 0.15) is 17.2 Å². The summed E-state index contributed by atoms with van der Waals surface area (Å²) in [5.41, 5.74) is 0.508. The topological polar surface area (TPSA) is 67.8 Å². The molecule has 0 saturated carbocycles. The van der Waals surface area contributed by atoms with Crippen molar-refractivity contribution in [1.29, 1.82) is 0 Å². The summed E-state index contributed by atoms with van der Waals surface area (Å²) in [5.74, 6) is 0.396. The third-order valence-electron chi connectivity index (χ3n) is 2.86. The molecule has 0 saturated heterocycles. The van der Waals surface area contributed by atoms with Gasteiger partial charge in [-0.15, -0.1) is 0 Å². The van der Waals surface area contributed by atoms with Crippen molar-refractivity contribution in [2.75, 3.05) is 19.5 Å². The van der Waals surface area contributed by atoms with Gasteiger partial charge in [0.25, 0.3) is 5.91 Å². The van der Waals surface area contributed by atoms with Crippen LogP contribution in [0.5, 0.6) is 17.2 Å². The van der Waals surface area contributed by atoms with E-state index in [1.54, 1.807) is 18.2 Å². The fourth-order valence-corrected chi connectivity index (χ4v) is 1.96. The second kappa shape index (κ2) is 6.37. The quantitative estimate of drug-likeness (QED) is 0.909. The minimum Gasteiger partial charge on any atom is -0.507 e. The molecule has 0 unspecified atom stereocenters. The van der Waals surface area contributed by atoms with Gasteiger partial charge in [-0.2, -0.15) is 0 Å². The number of ether oxygens (including phenoxy) is 2. The molecule has 5 nitrogen and oxygen atoms in total. The van der Waals surface area contributed by atoms with Crippen LogP contribution < -0.4 is 14.8 Å². The van der Waals surface area contributed by atoms with Crippen LogP contribution in [-0.2, 0) is 0 Å². The summed E-state index contributed by atoms with van der Waals surface area (Å²) >= 11 is 5.83. The van der Waals surface area contributed by atoms with Crippen molar-refractivity contribution >= 4 is 23.2 Å². The van der Waals surface area contributed by atoms with Crippen LogP contribution in [0.3, 0.4) is 0 Å². The molecule has 0 fully saturated rings. The van der Waals surface area contributed by atoms with Crippen LogP contribution >= 0.6 is 11.6 Å². The number of amides is 1. The van der Waals surface area contributed by atoms with Crippen molar-refractivity contribution in [3.05, 3.63) is 47.0 Å². The maximum Gasteiger partial charge on any atom is 0.259 e. The average Bonchev–Trinajstić information content (AvgIpc) is 2.49. The number of phenols is 1. The van der Waals surface area contributed by atoms with Gasteiger partial charge in [0.2, 0.25) is 0 Å². The molecule has 0 aliphatic carbocycles. The van der Waals surface area contributed by atoms with Crippen LogP contribution in [0.2, 0.25) is 5.02 Å². The monoisotopic (exact) mass is 307 g/mol. The van der Waals surface area contributed by atoms with E-state index in [9.17, 15) is 9.90 Å². The first-order valence-corrected chi connectivity index (χ1v) is 6.45. The third kappa shape index (κ3) is 3.38. The summed E-state index contributed by atoms with van der Waals surface area (Å²) < 4.78 is 10.3. The number of hydrogen-bond donors (Lipinski definition) is 2. The zero-order valence-electron chi connectivity index (χ0n) is 11.5. The number of hydrogen-bond acceptors (Lipinski definition) is 4. The Bertz CT molecular complexity index is 673. The lowest BCUT2D eigenvalue weighted by Crippen LogP contribution is -2.13. The average molecular weight is 308 g/mol. The molecule has 1 amide bonds. The maximum absolute atomic E-state index is 12.2.